The Balaban J connectivity index is 2.21. The van der Waals surface area contributed by atoms with E-state index in [4.69, 9.17) is 32.6 Å². The van der Waals surface area contributed by atoms with Gasteiger partial charge in [-0.05, 0) is 43.5 Å². The van der Waals surface area contributed by atoms with Gasteiger partial charge in [0.2, 0.25) is 13.3 Å². The van der Waals surface area contributed by atoms with E-state index in [0.717, 1.165) is 11.1 Å². The van der Waals surface area contributed by atoms with Crippen molar-refractivity contribution in [3.8, 4) is 0 Å². The SMILES string of the molecule is CCOP(C)(=O)C(CCN(OC(C)c1ccccc1)C(C)=O)c1ccc(Cl)c(Cl)c1. The molecule has 0 aliphatic heterocycles. The van der Waals surface area contributed by atoms with E-state index in [9.17, 15) is 9.36 Å². The van der Waals surface area contributed by atoms with E-state index in [-0.39, 0.29) is 18.6 Å². The third-order valence-corrected chi connectivity index (χ3v) is 7.99. The number of carbonyl (C=O) groups is 1. The van der Waals surface area contributed by atoms with Crippen LogP contribution >= 0.6 is 30.6 Å². The lowest BCUT2D eigenvalue weighted by molar-refractivity contribution is -0.203. The zero-order chi connectivity index (χ0) is 22.3. The molecular formula is C22H28Cl2NO4P. The largest absolute Gasteiger partial charge is 0.329 e. The quantitative estimate of drug-likeness (QED) is 0.279. The van der Waals surface area contributed by atoms with Crippen LogP contribution in [0.2, 0.25) is 10.0 Å². The number of hydrogen-bond acceptors (Lipinski definition) is 4. The molecule has 30 heavy (non-hydrogen) atoms. The zero-order valence-corrected chi connectivity index (χ0v) is 20.1. The molecule has 0 spiro atoms. The molecule has 2 aromatic carbocycles. The topological polar surface area (TPSA) is 55.8 Å². The standard InChI is InChI=1S/C22H28Cl2NO4P/c1-5-28-30(4,27)22(19-11-12-20(23)21(24)15-19)13-14-25(17(3)26)29-16(2)18-9-7-6-8-10-18/h6-12,15-16,22H,5,13-14H2,1-4H3. The van der Waals surface area contributed by atoms with Crippen molar-refractivity contribution < 1.29 is 18.7 Å². The van der Waals surface area contributed by atoms with Crippen LogP contribution in [0, 0.1) is 0 Å². The van der Waals surface area contributed by atoms with Crippen LogP contribution in [0.5, 0.6) is 0 Å². The molecule has 8 heteroatoms. The maximum absolute atomic E-state index is 13.3. The molecule has 0 aliphatic rings. The molecule has 3 unspecified atom stereocenters. The third-order valence-electron chi connectivity index (χ3n) is 4.79. The van der Waals surface area contributed by atoms with Gasteiger partial charge in [0.05, 0.1) is 22.3 Å². The number of rotatable bonds is 10. The molecule has 1 amide bonds. The van der Waals surface area contributed by atoms with E-state index in [1.54, 1.807) is 31.8 Å². The number of halogens is 2. The summed E-state index contributed by atoms with van der Waals surface area (Å²) in [6, 6.07) is 14.8. The van der Waals surface area contributed by atoms with Gasteiger partial charge < -0.3 is 4.52 Å². The molecule has 0 heterocycles. The second-order valence-electron chi connectivity index (χ2n) is 7.08. The van der Waals surface area contributed by atoms with Gasteiger partial charge in [-0.25, -0.2) is 5.06 Å². The molecule has 0 N–H and O–H groups in total. The van der Waals surface area contributed by atoms with Crippen molar-refractivity contribution in [1.29, 1.82) is 0 Å². The highest BCUT2D eigenvalue weighted by molar-refractivity contribution is 7.58. The minimum atomic E-state index is -3.03. The van der Waals surface area contributed by atoms with Crippen molar-refractivity contribution in [3.63, 3.8) is 0 Å². The highest BCUT2D eigenvalue weighted by atomic mass is 35.5. The van der Waals surface area contributed by atoms with Gasteiger partial charge in [-0.1, -0.05) is 59.6 Å². The Morgan fingerprint density at radius 1 is 1.10 bits per heavy atom. The van der Waals surface area contributed by atoms with Crippen LogP contribution in [-0.2, 0) is 18.7 Å². The minimum absolute atomic E-state index is 0.229. The van der Waals surface area contributed by atoms with Crippen molar-refractivity contribution in [3.05, 3.63) is 69.7 Å². The van der Waals surface area contributed by atoms with Gasteiger partial charge >= 0.3 is 0 Å². The van der Waals surface area contributed by atoms with Crippen LogP contribution < -0.4 is 0 Å². The van der Waals surface area contributed by atoms with E-state index in [1.807, 2.05) is 37.3 Å². The molecule has 0 radical (unpaired) electrons. The molecule has 0 aromatic heterocycles. The number of amides is 1. The predicted octanol–water partition coefficient (Wildman–Crippen LogP) is 6.91. The summed E-state index contributed by atoms with van der Waals surface area (Å²) < 4.78 is 18.9. The Morgan fingerprint density at radius 2 is 1.77 bits per heavy atom. The first-order valence-electron chi connectivity index (χ1n) is 9.82. The van der Waals surface area contributed by atoms with Crippen molar-refractivity contribution in [2.75, 3.05) is 19.8 Å². The molecule has 0 saturated carbocycles. The van der Waals surface area contributed by atoms with Crippen LogP contribution in [0.4, 0.5) is 0 Å². The molecule has 0 aliphatic carbocycles. The van der Waals surface area contributed by atoms with Gasteiger partial charge in [0.1, 0.15) is 6.10 Å². The molecule has 5 nitrogen and oxygen atoms in total. The summed E-state index contributed by atoms with van der Waals surface area (Å²) >= 11 is 12.2. The second kappa shape index (κ2) is 11.3. The molecule has 3 atom stereocenters. The van der Waals surface area contributed by atoms with Crippen molar-refractivity contribution in [2.45, 2.75) is 39.0 Å². The Hall–Kier alpha value is -1.36. The highest BCUT2D eigenvalue weighted by Gasteiger charge is 2.32. The van der Waals surface area contributed by atoms with Gasteiger partial charge in [-0.2, -0.15) is 0 Å². The second-order valence-corrected chi connectivity index (χ2v) is 10.6. The van der Waals surface area contributed by atoms with E-state index >= 15 is 0 Å². The number of hydroxylamine groups is 2. The average Bonchev–Trinajstić information content (AvgIpc) is 2.70. The lowest BCUT2D eigenvalue weighted by Crippen LogP contribution is -2.32. The third kappa shape index (κ3) is 6.83. The molecule has 0 bridgehead atoms. The van der Waals surface area contributed by atoms with Gasteiger partial charge in [0.25, 0.3) is 0 Å². The first-order valence-corrected chi connectivity index (χ1v) is 12.7. The van der Waals surface area contributed by atoms with Crippen molar-refractivity contribution in [1.82, 2.24) is 5.06 Å². The maximum Gasteiger partial charge on any atom is 0.243 e. The highest BCUT2D eigenvalue weighted by Crippen LogP contribution is 2.59. The van der Waals surface area contributed by atoms with Crippen LogP contribution in [-0.4, -0.2) is 30.8 Å². The fourth-order valence-electron chi connectivity index (χ4n) is 3.24. The fourth-order valence-corrected chi connectivity index (χ4v) is 5.52. The Kier molecular flexibility index (Phi) is 9.39. The van der Waals surface area contributed by atoms with Crippen LogP contribution in [0.1, 0.15) is 50.1 Å². The van der Waals surface area contributed by atoms with E-state index in [0.29, 0.717) is 23.1 Å². The van der Waals surface area contributed by atoms with Gasteiger partial charge in [-0.3, -0.25) is 14.2 Å². The summed E-state index contributed by atoms with van der Waals surface area (Å²) in [5, 5.41) is 2.12. The predicted molar refractivity (Wildman–Crippen MR) is 122 cm³/mol. The molecular weight excluding hydrogens is 444 g/mol. The summed E-state index contributed by atoms with van der Waals surface area (Å²) in [4.78, 5) is 18.1. The Labute approximate surface area is 188 Å². The van der Waals surface area contributed by atoms with Crippen molar-refractivity contribution >= 4 is 36.5 Å². The minimum Gasteiger partial charge on any atom is -0.329 e. The molecule has 2 aromatic rings. The summed E-state index contributed by atoms with van der Waals surface area (Å²) in [5.41, 5.74) is 1.26. The summed E-state index contributed by atoms with van der Waals surface area (Å²) in [6.07, 6.45) is 0.0752. The van der Waals surface area contributed by atoms with E-state index in [2.05, 4.69) is 0 Å². The lowest BCUT2D eigenvalue weighted by atomic mass is 10.1. The number of hydrogen-bond donors (Lipinski definition) is 0. The normalized spacial score (nSPS) is 15.3. The molecule has 0 fully saturated rings. The van der Waals surface area contributed by atoms with E-state index < -0.39 is 13.0 Å². The number of carbonyl (C=O) groups excluding carboxylic acids is 1. The monoisotopic (exact) mass is 471 g/mol. The lowest BCUT2D eigenvalue weighted by Gasteiger charge is -2.29. The average molecular weight is 472 g/mol. The first kappa shape index (κ1) is 24.9. The summed E-state index contributed by atoms with van der Waals surface area (Å²) in [5.74, 6) is -0.229. The fraction of sp³-hybridized carbons (Fsp3) is 0.409. The maximum atomic E-state index is 13.3. The van der Waals surface area contributed by atoms with Gasteiger partial charge in [0.15, 0.2) is 0 Å². The van der Waals surface area contributed by atoms with E-state index in [1.165, 1.54) is 12.0 Å². The van der Waals surface area contributed by atoms with Crippen LogP contribution in [0.15, 0.2) is 48.5 Å². The number of nitrogens with zero attached hydrogens (tertiary/aromatic N) is 1. The molecule has 164 valence electrons. The first-order chi connectivity index (χ1) is 14.2. The Bertz CT molecular complexity index is 894. The molecule has 2 rings (SSSR count). The zero-order valence-electron chi connectivity index (χ0n) is 17.7. The smallest absolute Gasteiger partial charge is 0.243 e. The van der Waals surface area contributed by atoms with Gasteiger partial charge in [-0.15, -0.1) is 0 Å². The van der Waals surface area contributed by atoms with Crippen LogP contribution in [0.3, 0.4) is 0 Å². The summed E-state index contributed by atoms with van der Waals surface area (Å²) in [6.45, 7) is 7.31. The molecule has 0 saturated heterocycles. The number of benzene rings is 2. The summed E-state index contributed by atoms with van der Waals surface area (Å²) in [7, 11) is -3.03. The van der Waals surface area contributed by atoms with Crippen molar-refractivity contribution in [2.24, 2.45) is 0 Å². The van der Waals surface area contributed by atoms with Gasteiger partial charge in [0, 0.05) is 20.1 Å². The Morgan fingerprint density at radius 3 is 2.33 bits per heavy atom. The van der Waals surface area contributed by atoms with Crippen LogP contribution in [0.25, 0.3) is 0 Å².